The van der Waals surface area contributed by atoms with Crippen LogP contribution in [0.15, 0.2) is 0 Å². The average molecular weight is 259 g/mol. The highest BCUT2D eigenvalue weighted by atomic mass is 16.5. The van der Waals surface area contributed by atoms with E-state index in [1.54, 1.807) is 7.11 Å². The van der Waals surface area contributed by atoms with Crippen molar-refractivity contribution in [3.8, 4) is 0 Å². The van der Waals surface area contributed by atoms with E-state index in [-0.39, 0.29) is 12.1 Å². The minimum Gasteiger partial charge on any atom is -0.465 e. The number of carbonyl (C=O) groups is 1. The van der Waals surface area contributed by atoms with Crippen LogP contribution in [0.5, 0.6) is 0 Å². The Hall–Kier alpha value is -0.650. The van der Waals surface area contributed by atoms with Crippen molar-refractivity contribution in [1.82, 2.24) is 5.32 Å². The summed E-state index contributed by atoms with van der Waals surface area (Å²) in [4.78, 5) is 12.2. The Morgan fingerprint density at radius 1 is 1.50 bits per heavy atom. The second-order valence-electron chi connectivity index (χ2n) is 4.58. The summed E-state index contributed by atoms with van der Waals surface area (Å²) in [5.74, 6) is -0.164. The molecule has 0 saturated carbocycles. The molecule has 0 aromatic heterocycles. The summed E-state index contributed by atoms with van der Waals surface area (Å²) in [5, 5.41) is 3.31. The number of ether oxygens (including phenoxy) is 3. The normalized spacial score (nSPS) is 28.1. The van der Waals surface area contributed by atoms with Crippen LogP contribution in [-0.4, -0.2) is 51.1 Å². The van der Waals surface area contributed by atoms with Crippen LogP contribution in [0.2, 0.25) is 0 Å². The zero-order chi connectivity index (χ0) is 13.4. The van der Waals surface area contributed by atoms with E-state index in [4.69, 9.17) is 14.2 Å². The van der Waals surface area contributed by atoms with Crippen LogP contribution in [0, 0.1) is 0 Å². The molecule has 0 bridgehead atoms. The van der Waals surface area contributed by atoms with Gasteiger partial charge in [0.15, 0.2) is 0 Å². The number of carbonyl (C=O) groups excluding carboxylic acids is 1. The molecular weight excluding hydrogens is 234 g/mol. The standard InChI is InChI=1S/C13H25NO4/c1-4-11-10-13(6-8-18-11,12(15)17-5-2)14-7-9-16-3/h11,14H,4-10H2,1-3H3. The fraction of sp³-hybridized carbons (Fsp3) is 0.923. The Morgan fingerprint density at radius 3 is 2.89 bits per heavy atom. The van der Waals surface area contributed by atoms with E-state index >= 15 is 0 Å². The van der Waals surface area contributed by atoms with Gasteiger partial charge in [0.1, 0.15) is 5.54 Å². The van der Waals surface area contributed by atoms with Gasteiger partial charge < -0.3 is 14.2 Å². The van der Waals surface area contributed by atoms with Crippen molar-refractivity contribution >= 4 is 5.97 Å². The monoisotopic (exact) mass is 259 g/mol. The van der Waals surface area contributed by atoms with Crippen molar-refractivity contribution in [3.63, 3.8) is 0 Å². The van der Waals surface area contributed by atoms with E-state index in [1.165, 1.54) is 0 Å². The second-order valence-corrected chi connectivity index (χ2v) is 4.58. The maximum Gasteiger partial charge on any atom is 0.326 e. The Kier molecular flexibility index (Phi) is 6.60. The molecule has 5 heteroatoms. The van der Waals surface area contributed by atoms with Crippen LogP contribution >= 0.6 is 0 Å². The van der Waals surface area contributed by atoms with Gasteiger partial charge in [-0.15, -0.1) is 0 Å². The Labute approximate surface area is 109 Å². The van der Waals surface area contributed by atoms with E-state index in [2.05, 4.69) is 12.2 Å². The lowest BCUT2D eigenvalue weighted by Gasteiger charge is -2.39. The molecular formula is C13H25NO4. The van der Waals surface area contributed by atoms with Gasteiger partial charge in [-0.3, -0.25) is 10.1 Å². The molecule has 0 aromatic carbocycles. The van der Waals surface area contributed by atoms with Gasteiger partial charge in [-0.1, -0.05) is 6.92 Å². The third-order valence-electron chi connectivity index (χ3n) is 3.35. The summed E-state index contributed by atoms with van der Waals surface area (Å²) in [6.07, 6.45) is 2.36. The quantitative estimate of drug-likeness (QED) is 0.548. The molecule has 1 aliphatic rings. The molecule has 1 rings (SSSR count). The molecule has 1 fully saturated rings. The van der Waals surface area contributed by atoms with Gasteiger partial charge in [0.2, 0.25) is 0 Å². The van der Waals surface area contributed by atoms with Crippen LogP contribution in [-0.2, 0) is 19.0 Å². The van der Waals surface area contributed by atoms with Crippen LogP contribution in [0.1, 0.15) is 33.1 Å². The van der Waals surface area contributed by atoms with Gasteiger partial charge in [0.25, 0.3) is 0 Å². The molecule has 1 heterocycles. The van der Waals surface area contributed by atoms with Gasteiger partial charge in [-0.05, 0) is 19.8 Å². The first-order valence-corrected chi connectivity index (χ1v) is 6.71. The minimum atomic E-state index is -0.604. The van der Waals surface area contributed by atoms with E-state index in [0.717, 1.165) is 6.42 Å². The summed E-state index contributed by atoms with van der Waals surface area (Å²) < 4.78 is 15.9. The third kappa shape index (κ3) is 3.93. The zero-order valence-electron chi connectivity index (χ0n) is 11.7. The maximum atomic E-state index is 12.2. The topological polar surface area (TPSA) is 56.8 Å². The summed E-state index contributed by atoms with van der Waals surface area (Å²) in [7, 11) is 1.65. The lowest BCUT2D eigenvalue weighted by Crippen LogP contribution is -2.58. The maximum absolute atomic E-state index is 12.2. The summed E-state index contributed by atoms with van der Waals surface area (Å²) in [5.41, 5.74) is -0.604. The van der Waals surface area contributed by atoms with Gasteiger partial charge in [0, 0.05) is 26.7 Å². The number of esters is 1. The Bertz CT molecular complexity index is 259. The first-order chi connectivity index (χ1) is 8.68. The van der Waals surface area contributed by atoms with E-state index < -0.39 is 5.54 Å². The molecule has 1 aliphatic heterocycles. The van der Waals surface area contributed by atoms with Crippen LogP contribution in [0.4, 0.5) is 0 Å². The average Bonchev–Trinajstić information content (AvgIpc) is 2.39. The van der Waals surface area contributed by atoms with Crippen molar-refractivity contribution in [2.24, 2.45) is 0 Å². The van der Waals surface area contributed by atoms with Crippen LogP contribution in [0.3, 0.4) is 0 Å². The number of methoxy groups -OCH3 is 1. The molecule has 5 nitrogen and oxygen atoms in total. The molecule has 1 N–H and O–H groups in total. The predicted octanol–water partition coefficient (Wildman–Crippen LogP) is 1.11. The highest BCUT2D eigenvalue weighted by molar-refractivity contribution is 5.81. The van der Waals surface area contributed by atoms with Crippen LogP contribution < -0.4 is 5.32 Å². The summed E-state index contributed by atoms with van der Waals surface area (Å²) in [6.45, 7) is 6.13. The van der Waals surface area contributed by atoms with E-state index in [0.29, 0.717) is 39.2 Å². The predicted molar refractivity (Wildman–Crippen MR) is 68.5 cm³/mol. The van der Waals surface area contributed by atoms with Crippen molar-refractivity contribution in [2.45, 2.75) is 44.8 Å². The molecule has 0 spiro atoms. The lowest BCUT2D eigenvalue weighted by molar-refractivity contribution is -0.158. The molecule has 0 aromatic rings. The molecule has 0 amide bonds. The van der Waals surface area contributed by atoms with Crippen molar-refractivity contribution in [2.75, 3.05) is 33.5 Å². The summed E-state index contributed by atoms with van der Waals surface area (Å²) in [6, 6.07) is 0. The smallest absolute Gasteiger partial charge is 0.326 e. The minimum absolute atomic E-state index is 0.123. The highest BCUT2D eigenvalue weighted by Gasteiger charge is 2.43. The lowest BCUT2D eigenvalue weighted by atomic mass is 9.85. The molecule has 18 heavy (non-hydrogen) atoms. The second kappa shape index (κ2) is 7.71. The number of hydrogen-bond acceptors (Lipinski definition) is 5. The van der Waals surface area contributed by atoms with Gasteiger partial charge in [-0.25, -0.2) is 0 Å². The number of hydrogen-bond donors (Lipinski definition) is 1. The molecule has 2 unspecified atom stereocenters. The fourth-order valence-corrected chi connectivity index (χ4v) is 2.29. The fourth-order valence-electron chi connectivity index (χ4n) is 2.29. The molecule has 1 saturated heterocycles. The third-order valence-corrected chi connectivity index (χ3v) is 3.35. The first-order valence-electron chi connectivity index (χ1n) is 6.71. The van der Waals surface area contributed by atoms with E-state index in [9.17, 15) is 4.79 Å². The SMILES string of the molecule is CCOC(=O)C1(NCCOC)CCOC(CC)C1. The van der Waals surface area contributed by atoms with Gasteiger partial charge in [-0.2, -0.15) is 0 Å². The molecule has 2 atom stereocenters. The molecule has 106 valence electrons. The van der Waals surface area contributed by atoms with Gasteiger partial charge >= 0.3 is 5.97 Å². The van der Waals surface area contributed by atoms with Gasteiger partial charge in [0.05, 0.1) is 19.3 Å². The largest absolute Gasteiger partial charge is 0.465 e. The molecule has 0 radical (unpaired) electrons. The number of nitrogens with one attached hydrogen (secondary N) is 1. The van der Waals surface area contributed by atoms with Crippen molar-refractivity contribution in [3.05, 3.63) is 0 Å². The van der Waals surface area contributed by atoms with Crippen LogP contribution in [0.25, 0.3) is 0 Å². The zero-order valence-corrected chi connectivity index (χ0v) is 11.7. The van der Waals surface area contributed by atoms with Crippen molar-refractivity contribution in [1.29, 1.82) is 0 Å². The summed E-state index contributed by atoms with van der Waals surface area (Å²) >= 11 is 0. The Morgan fingerprint density at radius 2 is 2.28 bits per heavy atom. The Balaban J connectivity index is 2.69. The van der Waals surface area contributed by atoms with Crippen molar-refractivity contribution < 1.29 is 19.0 Å². The number of rotatable bonds is 7. The molecule has 0 aliphatic carbocycles. The van der Waals surface area contributed by atoms with E-state index in [1.807, 2.05) is 6.92 Å². The first kappa shape index (κ1) is 15.4. The highest BCUT2D eigenvalue weighted by Crippen LogP contribution is 2.27.